The Hall–Kier alpha value is -1.47. The molecule has 5 nitrogen and oxygen atoms in total. The molecule has 1 aliphatic heterocycles. The molecule has 1 fully saturated rings. The minimum absolute atomic E-state index is 0.450. The number of piperidine rings is 1. The summed E-state index contributed by atoms with van der Waals surface area (Å²) in [6, 6.07) is 7.84. The van der Waals surface area contributed by atoms with Gasteiger partial charge in [-0.1, -0.05) is 12.1 Å². The van der Waals surface area contributed by atoms with E-state index in [9.17, 15) is 10.2 Å². The highest BCUT2D eigenvalue weighted by molar-refractivity contribution is 7.15. The Balaban J connectivity index is 1.70. The van der Waals surface area contributed by atoms with Crippen LogP contribution in [0, 0.1) is 0 Å². The van der Waals surface area contributed by atoms with E-state index in [1.54, 1.807) is 18.4 Å². The van der Waals surface area contributed by atoms with Crippen molar-refractivity contribution in [2.75, 3.05) is 20.2 Å². The summed E-state index contributed by atoms with van der Waals surface area (Å²) in [6.45, 7) is 1.91. The van der Waals surface area contributed by atoms with Crippen LogP contribution in [0.5, 0.6) is 5.75 Å². The number of likely N-dealkylation sites (tertiary alicyclic amines) is 1. The van der Waals surface area contributed by atoms with Gasteiger partial charge in [0.2, 0.25) is 0 Å². The molecule has 2 heterocycles. The highest BCUT2D eigenvalue weighted by Gasteiger charge is 2.24. The van der Waals surface area contributed by atoms with E-state index in [2.05, 4.69) is 9.88 Å². The van der Waals surface area contributed by atoms with Gasteiger partial charge in [0, 0.05) is 42.7 Å². The van der Waals surface area contributed by atoms with Crippen LogP contribution in [0.1, 0.15) is 11.3 Å². The summed E-state index contributed by atoms with van der Waals surface area (Å²) in [6.07, 6.45) is 1.44. The van der Waals surface area contributed by atoms with Crippen LogP contribution in [0.2, 0.25) is 0 Å². The Bertz CT molecular complexity index is 621. The molecule has 1 aromatic carbocycles. The number of hydrogen-bond donors (Lipinski definition) is 2. The van der Waals surface area contributed by atoms with Gasteiger partial charge in [-0.3, -0.25) is 4.90 Å². The van der Waals surface area contributed by atoms with Crippen LogP contribution in [0.15, 0.2) is 30.5 Å². The van der Waals surface area contributed by atoms with Gasteiger partial charge in [0.15, 0.2) is 0 Å². The van der Waals surface area contributed by atoms with Gasteiger partial charge in [0.05, 0.1) is 19.3 Å². The fourth-order valence-corrected chi connectivity index (χ4v) is 3.70. The molecule has 6 heteroatoms. The van der Waals surface area contributed by atoms with Gasteiger partial charge in [-0.05, 0) is 12.1 Å². The van der Waals surface area contributed by atoms with Gasteiger partial charge in [0.25, 0.3) is 0 Å². The number of aliphatic hydroxyl groups excluding tert-OH is 2. The molecule has 0 radical (unpaired) electrons. The Morgan fingerprint density at radius 3 is 2.82 bits per heavy atom. The van der Waals surface area contributed by atoms with Gasteiger partial charge in [0.1, 0.15) is 10.8 Å². The maximum atomic E-state index is 9.74. The summed E-state index contributed by atoms with van der Waals surface area (Å²) in [5.74, 6) is 0.816. The minimum Gasteiger partial charge on any atom is -0.497 e. The second-order valence-corrected chi connectivity index (χ2v) is 6.72. The van der Waals surface area contributed by atoms with E-state index in [0.717, 1.165) is 21.2 Å². The van der Waals surface area contributed by atoms with Crippen molar-refractivity contribution < 1.29 is 14.9 Å². The lowest BCUT2D eigenvalue weighted by molar-refractivity contribution is -0.0107. The predicted octanol–water partition coefficient (Wildman–Crippen LogP) is 1.75. The fraction of sp³-hybridized carbons (Fsp3) is 0.438. The van der Waals surface area contributed by atoms with Crippen LogP contribution >= 0.6 is 11.3 Å². The highest BCUT2D eigenvalue weighted by Crippen LogP contribution is 2.29. The molecule has 3 rings (SSSR count). The molecule has 0 saturated carbocycles. The van der Waals surface area contributed by atoms with Gasteiger partial charge in [-0.25, -0.2) is 4.98 Å². The second kappa shape index (κ2) is 6.75. The van der Waals surface area contributed by atoms with Gasteiger partial charge < -0.3 is 14.9 Å². The third-order valence-electron chi connectivity index (χ3n) is 3.73. The molecule has 2 N–H and O–H groups in total. The number of hydrogen-bond acceptors (Lipinski definition) is 6. The Kier molecular flexibility index (Phi) is 4.73. The van der Waals surface area contributed by atoms with Crippen LogP contribution in [0.25, 0.3) is 10.6 Å². The zero-order valence-corrected chi connectivity index (χ0v) is 13.3. The summed E-state index contributed by atoms with van der Waals surface area (Å²) in [5.41, 5.74) is 1.04. The number of rotatable bonds is 4. The first kappa shape index (κ1) is 15.4. The lowest BCUT2D eigenvalue weighted by Crippen LogP contribution is -2.44. The van der Waals surface area contributed by atoms with Crippen molar-refractivity contribution in [1.29, 1.82) is 0 Å². The summed E-state index contributed by atoms with van der Waals surface area (Å²) in [4.78, 5) is 7.67. The first-order chi connectivity index (χ1) is 10.6. The number of β-amino-alcohol motifs (C(OH)–C–C–N with tert-alkyl or cyclic N) is 2. The molecule has 0 spiro atoms. The SMILES string of the molecule is COc1cccc(-c2ncc(CN3C[C@H](O)C[C@@H](O)C3)s2)c1. The van der Waals surface area contributed by atoms with Crippen LogP contribution in [-0.2, 0) is 6.54 Å². The van der Waals surface area contributed by atoms with Crippen molar-refractivity contribution in [2.45, 2.75) is 25.2 Å². The number of nitrogens with zero attached hydrogens (tertiary/aromatic N) is 2. The van der Waals surface area contributed by atoms with Crippen molar-refractivity contribution in [3.63, 3.8) is 0 Å². The molecule has 0 aliphatic carbocycles. The average Bonchev–Trinajstić information content (AvgIpc) is 2.95. The summed E-state index contributed by atoms with van der Waals surface area (Å²) in [7, 11) is 1.65. The maximum absolute atomic E-state index is 9.74. The number of thiazole rings is 1. The van der Waals surface area contributed by atoms with E-state index in [-0.39, 0.29) is 0 Å². The number of benzene rings is 1. The minimum atomic E-state index is -0.450. The highest BCUT2D eigenvalue weighted by atomic mass is 32.1. The standard InChI is InChI=1S/C16H20N2O3S/c1-21-14-4-2-3-11(5-14)16-17-7-15(22-16)10-18-8-12(19)6-13(20)9-18/h2-5,7,12-13,19-20H,6,8-10H2,1H3/t12-,13-/m1/s1. The number of ether oxygens (including phenoxy) is 1. The number of aliphatic hydroxyl groups is 2. The molecular weight excluding hydrogens is 300 g/mol. The van der Waals surface area contributed by atoms with Gasteiger partial charge in [-0.2, -0.15) is 0 Å². The molecule has 22 heavy (non-hydrogen) atoms. The van der Waals surface area contributed by atoms with E-state index < -0.39 is 12.2 Å². The van der Waals surface area contributed by atoms with E-state index in [0.29, 0.717) is 26.1 Å². The Morgan fingerprint density at radius 2 is 2.09 bits per heavy atom. The smallest absolute Gasteiger partial charge is 0.123 e. The van der Waals surface area contributed by atoms with E-state index in [1.807, 2.05) is 30.5 Å². The lowest BCUT2D eigenvalue weighted by atomic mass is 10.1. The number of methoxy groups -OCH3 is 1. The first-order valence-electron chi connectivity index (χ1n) is 7.31. The summed E-state index contributed by atoms with van der Waals surface area (Å²) in [5, 5.41) is 20.4. The number of aromatic nitrogens is 1. The molecule has 0 bridgehead atoms. The predicted molar refractivity (Wildman–Crippen MR) is 86.0 cm³/mol. The van der Waals surface area contributed by atoms with Crippen LogP contribution in [-0.4, -0.2) is 52.5 Å². The second-order valence-electron chi connectivity index (χ2n) is 5.60. The lowest BCUT2D eigenvalue weighted by Gasteiger charge is -2.32. The average molecular weight is 320 g/mol. The van der Waals surface area contributed by atoms with Crippen molar-refractivity contribution in [1.82, 2.24) is 9.88 Å². The van der Waals surface area contributed by atoms with Crippen molar-refractivity contribution >= 4 is 11.3 Å². The molecule has 0 unspecified atom stereocenters. The molecule has 118 valence electrons. The fourth-order valence-electron chi connectivity index (χ4n) is 2.75. The quantitative estimate of drug-likeness (QED) is 0.898. The summed E-state index contributed by atoms with van der Waals surface area (Å²) >= 11 is 1.63. The molecular formula is C16H20N2O3S. The molecule has 1 saturated heterocycles. The van der Waals surface area contributed by atoms with Gasteiger partial charge in [-0.15, -0.1) is 11.3 Å². The topological polar surface area (TPSA) is 65.8 Å². The third-order valence-corrected chi connectivity index (χ3v) is 4.76. The molecule has 2 atom stereocenters. The normalized spacial score (nSPS) is 22.7. The largest absolute Gasteiger partial charge is 0.497 e. The zero-order chi connectivity index (χ0) is 15.5. The third kappa shape index (κ3) is 3.64. The molecule has 2 aromatic rings. The van der Waals surface area contributed by atoms with Crippen LogP contribution in [0.3, 0.4) is 0 Å². The van der Waals surface area contributed by atoms with E-state index in [4.69, 9.17) is 4.74 Å². The zero-order valence-electron chi connectivity index (χ0n) is 12.5. The van der Waals surface area contributed by atoms with E-state index >= 15 is 0 Å². The van der Waals surface area contributed by atoms with Crippen LogP contribution in [0.4, 0.5) is 0 Å². The van der Waals surface area contributed by atoms with E-state index in [1.165, 1.54) is 0 Å². The van der Waals surface area contributed by atoms with Crippen molar-refractivity contribution in [3.05, 3.63) is 35.3 Å². The van der Waals surface area contributed by atoms with Crippen molar-refractivity contribution in [2.24, 2.45) is 0 Å². The molecule has 0 amide bonds. The summed E-state index contributed by atoms with van der Waals surface area (Å²) < 4.78 is 5.24. The molecule has 1 aliphatic rings. The maximum Gasteiger partial charge on any atom is 0.123 e. The van der Waals surface area contributed by atoms with Crippen LogP contribution < -0.4 is 4.74 Å². The van der Waals surface area contributed by atoms with Crippen molar-refractivity contribution in [3.8, 4) is 16.3 Å². The van der Waals surface area contributed by atoms with Gasteiger partial charge >= 0.3 is 0 Å². The molecule has 1 aromatic heterocycles. The monoisotopic (exact) mass is 320 g/mol. The Morgan fingerprint density at radius 1 is 1.32 bits per heavy atom. The first-order valence-corrected chi connectivity index (χ1v) is 8.13. The Labute approximate surface area is 133 Å².